The molecule has 1 rings (SSSR count). The monoisotopic (exact) mass is 212 g/mol. The quantitative estimate of drug-likeness (QED) is 0.753. The fraction of sp³-hybridized carbons (Fsp3) is 1.00. The first-order valence-corrected chi connectivity index (χ1v) is 6.68. The predicted molar refractivity (Wildman–Crippen MR) is 67.2 cm³/mol. The summed E-state index contributed by atoms with van der Waals surface area (Å²) in [5.74, 6) is 0. The van der Waals surface area contributed by atoms with E-state index in [4.69, 9.17) is 0 Å². The molecule has 0 aliphatic carbocycles. The van der Waals surface area contributed by atoms with E-state index in [1.165, 1.54) is 38.8 Å². The summed E-state index contributed by atoms with van der Waals surface area (Å²) in [6, 6.07) is 2.19. The van der Waals surface area contributed by atoms with Gasteiger partial charge in [0.2, 0.25) is 0 Å². The average Bonchev–Trinajstić information content (AvgIpc) is 2.21. The standard InChI is InChI=1S/C13H28N2/c1-5-7-11(3)15-10-13(8-6-2)14-9-12(15)4/h11-14H,5-10H2,1-4H3. The van der Waals surface area contributed by atoms with Gasteiger partial charge in [0.25, 0.3) is 0 Å². The van der Waals surface area contributed by atoms with Crippen molar-refractivity contribution in [2.45, 2.75) is 71.5 Å². The van der Waals surface area contributed by atoms with Gasteiger partial charge in [-0.15, -0.1) is 0 Å². The Labute approximate surface area is 95.4 Å². The molecule has 15 heavy (non-hydrogen) atoms. The fourth-order valence-electron chi connectivity index (χ4n) is 2.69. The minimum absolute atomic E-state index is 0.708. The Kier molecular flexibility index (Phi) is 5.62. The van der Waals surface area contributed by atoms with Crippen LogP contribution in [0.5, 0.6) is 0 Å². The molecule has 3 unspecified atom stereocenters. The summed E-state index contributed by atoms with van der Waals surface area (Å²) in [5, 5.41) is 3.66. The van der Waals surface area contributed by atoms with Gasteiger partial charge in [-0.05, 0) is 26.7 Å². The summed E-state index contributed by atoms with van der Waals surface area (Å²) < 4.78 is 0. The van der Waals surface area contributed by atoms with Crippen molar-refractivity contribution in [3.63, 3.8) is 0 Å². The summed E-state index contributed by atoms with van der Waals surface area (Å²) >= 11 is 0. The first-order valence-electron chi connectivity index (χ1n) is 6.68. The molecule has 2 nitrogen and oxygen atoms in total. The summed E-state index contributed by atoms with van der Waals surface area (Å²) in [6.45, 7) is 11.7. The number of nitrogens with zero attached hydrogens (tertiary/aromatic N) is 1. The van der Waals surface area contributed by atoms with Crippen molar-refractivity contribution in [2.24, 2.45) is 0 Å². The number of nitrogens with one attached hydrogen (secondary N) is 1. The molecular weight excluding hydrogens is 184 g/mol. The van der Waals surface area contributed by atoms with Crippen molar-refractivity contribution in [2.75, 3.05) is 13.1 Å². The summed E-state index contributed by atoms with van der Waals surface area (Å²) in [4.78, 5) is 2.69. The Hall–Kier alpha value is -0.0800. The summed E-state index contributed by atoms with van der Waals surface area (Å²) in [5.41, 5.74) is 0. The van der Waals surface area contributed by atoms with Crippen molar-refractivity contribution in [1.82, 2.24) is 10.2 Å². The van der Waals surface area contributed by atoms with E-state index in [1.54, 1.807) is 0 Å². The van der Waals surface area contributed by atoms with Crippen LogP contribution in [-0.2, 0) is 0 Å². The van der Waals surface area contributed by atoms with E-state index in [0.29, 0.717) is 6.04 Å². The van der Waals surface area contributed by atoms with Gasteiger partial charge in [-0.25, -0.2) is 0 Å². The van der Waals surface area contributed by atoms with Crippen LogP contribution in [0.2, 0.25) is 0 Å². The van der Waals surface area contributed by atoms with Crippen LogP contribution in [0.3, 0.4) is 0 Å². The first kappa shape index (κ1) is 13.0. The second kappa shape index (κ2) is 6.49. The maximum Gasteiger partial charge on any atom is 0.0195 e. The highest BCUT2D eigenvalue weighted by Gasteiger charge is 2.27. The molecule has 0 radical (unpaired) electrons. The molecule has 1 N–H and O–H groups in total. The molecule has 1 aliphatic rings. The van der Waals surface area contributed by atoms with E-state index in [-0.39, 0.29) is 0 Å². The van der Waals surface area contributed by atoms with E-state index in [9.17, 15) is 0 Å². The molecule has 2 heteroatoms. The SMILES string of the molecule is CCCC1CN(C(C)CCC)C(C)CN1. The minimum Gasteiger partial charge on any atom is -0.311 e. The topological polar surface area (TPSA) is 15.3 Å². The fourth-order valence-corrected chi connectivity index (χ4v) is 2.69. The lowest BCUT2D eigenvalue weighted by atomic mass is 10.0. The molecule has 0 amide bonds. The van der Waals surface area contributed by atoms with Gasteiger partial charge in [-0.3, -0.25) is 4.90 Å². The van der Waals surface area contributed by atoms with Crippen LogP contribution in [0, 0.1) is 0 Å². The predicted octanol–water partition coefficient (Wildman–Crippen LogP) is 2.64. The molecule has 1 heterocycles. The highest BCUT2D eigenvalue weighted by Crippen LogP contribution is 2.16. The van der Waals surface area contributed by atoms with Crippen molar-refractivity contribution >= 4 is 0 Å². The Balaban J connectivity index is 2.45. The number of rotatable bonds is 5. The van der Waals surface area contributed by atoms with Crippen molar-refractivity contribution in [1.29, 1.82) is 0 Å². The zero-order chi connectivity index (χ0) is 11.3. The van der Waals surface area contributed by atoms with Crippen LogP contribution < -0.4 is 5.32 Å². The third-order valence-electron chi connectivity index (χ3n) is 3.61. The molecule has 0 saturated carbocycles. The van der Waals surface area contributed by atoms with Crippen LogP contribution in [0.4, 0.5) is 0 Å². The zero-order valence-corrected chi connectivity index (χ0v) is 10.9. The number of hydrogen-bond donors (Lipinski definition) is 1. The molecule has 0 bridgehead atoms. The third kappa shape index (κ3) is 3.76. The van der Waals surface area contributed by atoms with E-state index >= 15 is 0 Å². The van der Waals surface area contributed by atoms with Crippen LogP contribution in [0.15, 0.2) is 0 Å². The lowest BCUT2D eigenvalue weighted by Crippen LogP contribution is -2.57. The van der Waals surface area contributed by atoms with Gasteiger partial charge in [-0.1, -0.05) is 26.7 Å². The molecule has 3 atom stereocenters. The van der Waals surface area contributed by atoms with Crippen molar-refractivity contribution in [3.8, 4) is 0 Å². The molecule has 90 valence electrons. The van der Waals surface area contributed by atoms with Crippen LogP contribution >= 0.6 is 0 Å². The van der Waals surface area contributed by atoms with Crippen LogP contribution in [0.25, 0.3) is 0 Å². The smallest absolute Gasteiger partial charge is 0.0195 e. The lowest BCUT2D eigenvalue weighted by Gasteiger charge is -2.42. The number of piperazine rings is 1. The lowest BCUT2D eigenvalue weighted by molar-refractivity contribution is 0.0913. The van der Waals surface area contributed by atoms with Gasteiger partial charge in [0.05, 0.1) is 0 Å². The summed E-state index contributed by atoms with van der Waals surface area (Å²) in [6.07, 6.45) is 5.25. The highest BCUT2D eigenvalue weighted by atomic mass is 15.2. The molecule has 0 aromatic rings. The maximum absolute atomic E-state index is 3.66. The van der Waals surface area contributed by atoms with Crippen LogP contribution in [0.1, 0.15) is 53.4 Å². The summed E-state index contributed by atoms with van der Waals surface area (Å²) in [7, 11) is 0. The van der Waals surface area contributed by atoms with Crippen LogP contribution in [-0.4, -0.2) is 36.1 Å². The molecule has 0 aromatic carbocycles. The van der Waals surface area contributed by atoms with E-state index in [1.807, 2.05) is 0 Å². The van der Waals surface area contributed by atoms with Gasteiger partial charge in [-0.2, -0.15) is 0 Å². The Bertz CT molecular complexity index is 170. The normalized spacial score (nSPS) is 30.4. The van der Waals surface area contributed by atoms with Gasteiger partial charge >= 0.3 is 0 Å². The van der Waals surface area contributed by atoms with Gasteiger partial charge in [0.1, 0.15) is 0 Å². The van der Waals surface area contributed by atoms with Crippen molar-refractivity contribution < 1.29 is 0 Å². The maximum atomic E-state index is 3.66. The minimum atomic E-state index is 0.708. The second-order valence-electron chi connectivity index (χ2n) is 5.08. The van der Waals surface area contributed by atoms with Crippen molar-refractivity contribution in [3.05, 3.63) is 0 Å². The second-order valence-corrected chi connectivity index (χ2v) is 5.08. The molecule has 1 saturated heterocycles. The Morgan fingerprint density at radius 3 is 2.67 bits per heavy atom. The first-order chi connectivity index (χ1) is 7.19. The van der Waals surface area contributed by atoms with Gasteiger partial charge < -0.3 is 5.32 Å². The number of hydrogen-bond acceptors (Lipinski definition) is 2. The van der Waals surface area contributed by atoms with E-state index in [0.717, 1.165) is 12.1 Å². The highest BCUT2D eigenvalue weighted by molar-refractivity contribution is 4.86. The molecule has 1 fully saturated rings. The van der Waals surface area contributed by atoms with E-state index < -0.39 is 0 Å². The largest absolute Gasteiger partial charge is 0.311 e. The zero-order valence-electron chi connectivity index (χ0n) is 10.9. The van der Waals surface area contributed by atoms with E-state index in [2.05, 4.69) is 37.9 Å². The van der Waals surface area contributed by atoms with Gasteiger partial charge in [0, 0.05) is 31.2 Å². The molecule has 0 spiro atoms. The molecular formula is C13H28N2. The van der Waals surface area contributed by atoms with Gasteiger partial charge in [0.15, 0.2) is 0 Å². The third-order valence-corrected chi connectivity index (χ3v) is 3.61. The Morgan fingerprint density at radius 1 is 1.33 bits per heavy atom. The Morgan fingerprint density at radius 2 is 2.07 bits per heavy atom. The average molecular weight is 212 g/mol. The molecule has 1 aliphatic heterocycles. The molecule has 0 aromatic heterocycles.